The van der Waals surface area contributed by atoms with E-state index in [1.165, 1.54) is 22.3 Å². The zero-order valence-electron chi connectivity index (χ0n) is 24.8. The van der Waals surface area contributed by atoms with Gasteiger partial charge in [-0.3, -0.25) is 0 Å². The fraction of sp³-hybridized carbons (Fsp3) is 0.0732. The third kappa shape index (κ3) is 3.29. The maximum atomic E-state index is 10.5. The van der Waals surface area contributed by atoms with Crippen molar-refractivity contribution < 1.29 is 0 Å². The minimum Gasteiger partial charge on any atom is -0.308 e. The largest absolute Gasteiger partial charge is 0.308 e. The predicted octanol–water partition coefficient (Wildman–Crippen LogP) is 9.93. The number of aromatic nitrogens is 2. The van der Waals surface area contributed by atoms with Gasteiger partial charge in [0.05, 0.1) is 44.6 Å². The summed E-state index contributed by atoms with van der Waals surface area (Å²) in [5.41, 5.74) is 11.5. The molecule has 9 rings (SSSR count). The predicted molar refractivity (Wildman–Crippen MR) is 182 cm³/mol. The summed E-state index contributed by atoms with van der Waals surface area (Å²) in [4.78, 5) is 0. The van der Waals surface area contributed by atoms with Crippen LogP contribution >= 0.6 is 0 Å². The van der Waals surface area contributed by atoms with Crippen LogP contribution in [0.5, 0.6) is 0 Å². The number of nitriles is 2. The van der Waals surface area contributed by atoms with Crippen LogP contribution < -0.4 is 0 Å². The van der Waals surface area contributed by atoms with Gasteiger partial charge in [0, 0.05) is 27.0 Å². The quantitative estimate of drug-likeness (QED) is 0.206. The molecule has 1 aliphatic carbocycles. The summed E-state index contributed by atoms with van der Waals surface area (Å²) >= 11 is 0. The highest BCUT2D eigenvalue weighted by Gasteiger charge is 2.36. The molecule has 0 N–H and O–H groups in total. The van der Waals surface area contributed by atoms with Gasteiger partial charge in [0.1, 0.15) is 12.1 Å². The molecule has 210 valence electrons. The first-order valence-corrected chi connectivity index (χ1v) is 15.2. The Balaban J connectivity index is 1.41. The van der Waals surface area contributed by atoms with Crippen molar-refractivity contribution in [3.05, 3.63) is 144 Å². The molecule has 0 saturated heterocycles. The molecule has 0 unspecified atom stereocenters. The van der Waals surface area contributed by atoms with E-state index in [0.717, 1.165) is 55.0 Å². The van der Waals surface area contributed by atoms with E-state index in [2.05, 4.69) is 114 Å². The molecular weight excluding hydrogens is 548 g/mol. The highest BCUT2D eigenvalue weighted by Crippen LogP contribution is 2.51. The van der Waals surface area contributed by atoms with Crippen LogP contribution in [0.1, 0.15) is 36.1 Å². The van der Waals surface area contributed by atoms with E-state index in [4.69, 9.17) is 0 Å². The highest BCUT2D eigenvalue weighted by molar-refractivity contribution is 6.12. The summed E-state index contributed by atoms with van der Waals surface area (Å²) in [5.74, 6) is 0. The molecule has 0 bridgehead atoms. The Hall–Kier alpha value is -6.10. The molecule has 8 aromatic rings. The van der Waals surface area contributed by atoms with E-state index in [1.54, 1.807) is 6.07 Å². The van der Waals surface area contributed by atoms with Crippen LogP contribution in [0.4, 0.5) is 0 Å². The first-order valence-electron chi connectivity index (χ1n) is 15.2. The van der Waals surface area contributed by atoms with Crippen molar-refractivity contribution in [3.63, 3.8) is 0 Å². The number of hydrogen-bond donors (Lipinski definition) is 0. The molecule has 0 aliphatic heterocycles. The smallest absolute Gasteiger partial charge is 0.101 e. The SMILES string of the molecule is CC1(C)c2ccccc2-c2cc3c4ccccc4n(-c4cc(-n5c6ccccc6c6ccccc65)c(C#N)cc4C#N)c3cc21. The molecule has 0 fully saturated rings. The molecule has 4 heteroatoms. The number of hydrogen-bond acceptors (Lipinski definition) is 2. The summed E-state index contributed by atoms with van der Waals surface area (Å²) in [5, 5.41) is 25.5. The van der Waals surface area contributed by atoms with E-state index in [-0.39, 0.29) is 5.41 Å². The van der Waals surface area contributed by atoms with Gasteiger partial charge in [-0.15, -0.1) is 0 Å². The number of rotatable bonds is 2. The maximum Gasteiger partial charge on any atom is 0.101 e. The first kappa shape index (κ1) is 25.4. The van der Waals surface area contributed by atoms with E-state index >= 15 is 0 Å². The van der Waals surface area contributed by atoms with Crippen molar-refractivity contribution in [2.24, 2.45) is 0 Å². The van der Waals surface area contributed by atoms with Crippen LogP contribution in [0.15, 0.2) is 121 Å². The van der Waals surface area contributed by atoms with Gasteiger partial charge in [-0.2, -0.15) is 10.5 Å². The summed E-state index contributed by atoms with van der Waals surface area (Å²) < 4.78 is 4.39. The second-order valence-electron chi connectivity index (χ2n) is 12.4. The van der Waals surface area contributed by atoms with E-state index in [1.807, 2.05) is 36.4 Å². The first-order chi connectivity index (χ1) is 22.0. The molecule has 0 atom stereocenters. The Labute approximate surface area is 260 Å². The molecule has 1 aliphatic rings. The van der Waals surface area contributed by atoms with Crippen molar-refractivity contribution in [1.82, 2.24) is 9.13 Å². The van der Waals surface area contributed by atoms with Crippen LogP contribution in [0.2, 0.25) is 0 Å². The number of nitrogens with zero attached hydrogens (tertiary/aromatic N) is 4. The molecule has 45 heavy (non-hydrogen) atoms. The molecule has 0 saturated carbocycles. The molecule has 4 nitrogen and oxygen atoms in total. The molecule has 0 spiro atoms. The number of para-hydroxylation sites is 3. The molecule has 2 aromatic heterocycles. The van der Waals surface area contributed by atoms with Gasteiger partial charge in [0.25, 0.3) is 0 Å². The summed E-state index contributed by atoms with van der Waals surface area (Å²) in [6.45, 7) is 4.58. The lowest BCUT2D eigenvalue weighted by Crippen LogP contribution is -2.15. The number of fused-ring (bicyclic) bond motifs is 9. The van der Waals surface area contributed by atoms with E-state index in [0.29, 0.717) is 11.1 Å². The van der Waals surface area contributed by atoms with Crippen LogP contribution in [-0.2, 0) is 5.41 Å². The lowest BCUT2D eigenvalue weighted by atomic mass is 9.82. The maximum absolute atomic E-state index is 10.5. The average molecular weight is 575 g/mol. The van der Waals surface area contributed by atoms with Crippen LogP contribution in [0, 0.1) is 22.7 Å². The van der Waals surface area contributed by atoms with Gasteiger partial charge in [-0.1, -0.05) is 92.7 Å². The van der Waals surface area contributed by atoms with E-state index < -0.39 is 0 Å². The van der Waals surface area contributed by atoms with Crippen molar-refractivity contribution in [2.45, 2.75) is 19.3 Å². The lowest BCUT2D eigenvalue weighted by Gasteiger charge is -2.22. The van der Waals surface area contributed by atoms with Crippen molar-refractivity contribution in [2.75, 3.05) is 0 Å². The molecule has 2 heterocycles. The average Bonchev–Trinajstić information content (AvgIpc) is 3.67. The Bertz CT molecular complexity index is 2600. The molecule has 6 aromatic carbocycles. The van der Waals surface area contributed by atoms with Gasteiger partial charge in [-0.25, -0.2) is 0 Å². The van der Waals surface area contributed by atoms with Gasteiger partial charge >= 0.3 is 0 Å². The van der Waals surface area contributed by atoms with Crippen LogP contribution in [0.25, 0.3) is 66.1 Å². The van der Waals surface area contributed by atoms with Gasteiger partial charge in [0.2, 0.25) is 0 Å². The highest BCUT2D eigenvalue weighted by atomic mass is 15.0. The minimum atomic E-state index is -0.168. The topological polar surface area (TPSA) is 57.4 Å². The number of benzene rings is 6. The summed E-state index contributed by atoms with van der Waals surface area (Å²) in [6.07, 6.45) is 0. The lowest BCUT2D eigenvalue weighted by molar-refractivity contribution is 0.661. The monoisotopic (exact) mass is 574 g/mol. The van der Waals surface area contributed by atoms with Gasteiger partial charge in [0.15, 0.2) is 0 Å². The minimum absolute atomic E-state index is 0.168. The van der Waals surface area contributed by atoms with Crippen LogP contribution in [-0.4, -0.2) is 9.13 Å². The fourth-order valence-corrected chi connectivity index (χ4v) is 7.73. The Kier molecular flexibility index (Phi) is 5.06. The third-order valence-corrected chi connectivity index (χ3v) is 9.79. The Morgan fingerprint density at radius 3 is 1.53 bits per heavy atom. The molecular formula is C41H26N4. The Morgan fingerprint density at radius 1 is 0.467 bits per heavy atom. The summed E-state index contributed by atoms with van der Waals surface area (Å²) in [6, 6.07) is 47.0. The summed E-state index contributed by atoms with van der Waals surface area (Å²) in [7, 11) is 0. The molecule has 0 amide bonds. The standard InChI is InChI=1S/C41H26N4/c1-41(2)33-15-7-3-11-27(33)31-20-32-30-14-6-10-18-37(30)45(40(32)21-34(31)41)39-22-38(25(23-42)19-26(39)24-43)44-35-16-8-4-12-28(35)29-13-5-9-17-36(29)44/h3-22H,1-2H3. The van der Waals surface area contributed by atoms with Crippen molar-refractivity contribution in [3.8, 4) is 34.6 Å². The van der Waals surface area contributed by atoms with Gasteiger partial charge in [-0.05, 0) is 64.7 Å². The fourth-order valence-electron chi connectivity index (χ4n) is 7.73. The third-order valence-electron chi connectivity index (χ3n) is 9.79. The normalized spacial score (nSPS) is 13.2. The van der Waals surface area contributed by atoms with Gasteiger partial charge < -0.3 is 9.13 Å². The van der Waals surface area contributed by atoms with Crippen molar-refractivity contribution in [1.29, 1.82) is 10.5 Å². The zero-order valence-corrected chi connectivity index (χ0v) is 24.8. The van der Waals surface area contributed by atoms with Crippen molar-refractivity contribution >= 4 is 43.6 Å². The zero-order chi connectivity index (χ0) is 30.4. The van der Waals surface area contributed by atoms with E-state index in [9.17, 15) is 10.5 Å². The van der Waals surface area contributed by atoms with Crippen LogP contribution in [0.3, 0.4) is 0 Å². The second-order valence-corrected chi connectivity index (χ2v) is 12.4. The Morgan fingerprint density at radius 2 is 0.956 bits per heavy atom. The second kappa shape index (κ2) is 8.96. The molecule has 0 radical (unpaired) electrons.